The number of carbonyl (C=O) groups is 1. The van der Waals surface area contributed by atoms with Gasteiger partial charge in [0.15, 0.2) is 17.3 Å². The van der Waals surface area contributed by atoms with Crippen molar-refractivity contribution in [3.05, 3.63) is 22.2 Å². The number of halogens is 1. The molecule has 0 amide bonds. The lowest BCUT2D eigenvalue weighted by atomic mass is 9.97. The predicted octanol–water partition coefficient (Wildman–Crippen LogP) is 3.47. The van der Waals surface area contributed by atoms with Gasteiger partial charge in [0.25, 0.3) is 0 Å². The van der Waals surface area contributed by atoms with Gasteiger partial charge in [0.1, 0.15) is 0 Å². The van der Waals surface area contributed by atoms with Crippen molar-refractivity contribution >= 4 is 21.7 Å². The van der Waals surface area contributed by atoms with E-state index in [2.05, 4.69) is 15.9 Å². The maximum absolute atomic E-state index is 12.5. The quantitative estimate of drug-likeness (QED) is 0.742. The first-order chi connectivity index (χ1) is 9.67. The standard InChI is InChI=1S/C15H19BrO4/c1-3-19-13-7-11(12(16)8-14(13)20-4-2)15(17)10-5-6-18-9-10/h7-8,10H,3-6,9H2,1-2H3. The maximum Gasteiger partial charge on any atom is 0.169 e. The Bertz CT molecular complexity index is 481. The average Bonchev–Trinajstić information content (AvgIpc) is 2.95. The molecular formula is C15H19BrO4. The van der Waals surface area contributed by atoms with E-state index in [1.807, 2.05) is 13.8 Å². The molecular weight excluding hydrogens is 324 g/mol. The molecule has 110 valence electrons. The van der Waals surface area contributed by atoms with Crippen LogP contribution in [0.25, 0.3) is 0 Å². The number of ether oxygens (including phenoxy) is 3. The molecule has 0 bridgehead atoms. The number of hydrogen-bond acceptors (Lipinski definition) is 4. The largest absolute Gasteiger partial charge is 0.490 e. The summed E-state index contributed by atoms with van der Waals surface area (Å²) in [6, 6.07) is 3.57. The van der Waals surface area contributed by atoms with Gasteiger partial charge in [-0.15, -0.1) is 0 Å². The minimum Gasteiger partial charge on any atom is -0.490 e. The van der Waals surface area contributed by atoms with Gasteiger partial charge in [-0.1, -0.05) is 0 Å². The first-order valence-corrected chi connectivity index (χ1v) is 7.67. The zero-order valence-corrected chi connectivity index (χ0v) is 13.4. The van der Waals surface area contributed by atoms with Gasteiger partial charge in [-0.2, -0.15) is 0 Å². The number of carbonyl (C=O) groups excluding carboxylic acids is 1. The molecule has 1 fully saturated rings. The molecule has 0 aromatic heterocycles. The lowest BCUT2D eigenvalue weighted by Crippen LogP contribution is -2.15. The van der Waals surface area contributed by atoms with Gasteiger partial charge in [-0.25, -0.2) is 0 Å². The van der Waals surface area contributed by atoms with Gasteiger partial charge in [-0.3, -0.25) is 4.79 Å². The van der Waals surface area contributed by atoms with E-state index < -0.39 is 0 Å². The van der Waals surface area contributed by atoms with Gasteiger partial charge in [0, 0.05) is 22.6 Å². The summed E-state index contributed by atoms with van der Waals surface area (Å²) in [6.45, 7) is 6.06. The van der Waals surface area contributed by atoms with Crippen LogP contribution in [0.1, 0.15) is 30.6 Å². The molecule has 4 nitrogen and oxygen atoms in total. The summed E-state index contributed by atoms with van der Waals surface area (Å²) >= 11 is 3.45. The molecule has 0 aliphatic carbocycles. The molecule has 1 aliphatic rings. The molecule has 1 aromatic rings. The van der Waals surface area contributed by atoms with Crippen LogP contribution in [0.3, 0.4) is 0 Å². The Kier molecular flexibility index (Phi) is 5.43. The van der Waals surface area contributed by atoms with Crippen LogP contribution < -0.4 is 9.47 Å². The minimum absolute atomic E-state index is 0.0567. The highest BCUT2D eigenvalue weighted by atomic mass is 79.9. The molecule has 1 saturated heterocycles. The zero-order chi connectivity index (χ0) is 14.5. The topological polar surface area (TPSA) is 44.8 Å². The fourth-order valence-electron chi connectivity index (χ4n) is 2.22. The second kappa shape index (κ2) is 7.09. The number of ketones is 1. The third-order valence-corrected chi connectivity index (χ3v) is 3.86. The fraction of sp³-hybridized carbons (Fsp3) is 0.533. The summed E-state index contributed by atoms with van der Waals surface area (Å²) in [4.78, 5) is 12.5. The first kappa shape index (κ1) is 15.3. The summed E-state index contributed by atoms with van der Waals surface area (Å²) in [5.74, 6) is 1.30. The van der Waals surface area contributed by atoms with E-state index in [0.717, 1.165) is 10.9 Å². The molecule has 5 heteroatoms. The van der Waals surface area contributed by atoms with E-state index in [1.165, 1.54) is 0 Å². The monoisotopic (exact) mass is 342 g/mol. The van der Waals surface area contributed by atoms with Crippen LogP contribution in [0.4, 0.5) is 0 Å². The smallest absolute Gasteiger partial charge is 0.169 e. The molecule has 1 unspecified atom stereocenters. The van der Waals surface area contributed by atoms with Gasteiger partial charge >= 0.3 is 0 Å². The van der Waals surface area contributed by atoms with Crippen LogP contribution in [0, 0.1) is 5.92 Å². The Morgan fingerprint density at radius 1 is 1.30 bits per heavy atom. The van der Waals surface area contributed by atoms with Crippen molar-refractivity contribution < 1.29 is 19.0 Å². The number of hydrogen-bond donors (Lipinski definition) is 0. The third kappa shape index (κ3) is 3.33. The lowest BCUT2D eigenvalue weighted by molar-refractivity contribution is 0.0899. The van der Waals surface area contributed by atoms with Crippen molar-refractivity contribution in [3.63, 3.8) is 0 Å². The zero-order valence-electron chi connectivity index (χ0n) is 11.8. The van der Waals surface area contributed by atoms with Crippen LogP contribution >= 0.6 is 15.9 Å². The Morgan fingerprint density at radius 3 is 2.50 bits per heavy atom. The molecule has 0 N–H and O–H groups in total. The molecule has 1 heterocycles. The van der Waals surface area contributed by atoms with Crippen molar-refractivity contribution in [1.29, 1.82) is 0 Å². The Labute approximate surface area is 127 Å². The van der Waals surface area contributed by atoms with Crippen molar-refractivity contribution in [2.24, 2.45) is 5.92 Å². The fourth-order valence-corrected chi connectivity index (χ4v) is 2.74. The van der Waals surface area contributed by atoms with Crippen molar-refractivity contribution in [1.82, 2.24) is 0 Å². The summed E-state index contributed by atoms with van der Waals surface area (Å²) in [6.07, 6.45) is 0.780. The second-order valence-corrected chi connectivity index (χ2v) is 5.42. The van der Waals surface area contributed by atoms with Gasteiger partial charge in [0.2, 0.25) is 0 Å². The molecule has 0 saturated carbocycles. The number of benzene rings is 1. The van der Waals surface area contributed by atoms with Crippen LogP contribution in [0.5, 0.6) is 11.5 Å². The second-order valence-electron chi connectivity index (χ2n) is 4.57. The van der Waals surface area contributed by atoms with Crippen LogP contribution in [-0.2, 0) is 4.74 Å². The summed E-state index contributed by atoms with van der Waals surface area (Å²) in [5.41, 5.74) is 0.632. The van der Waals surface area contributed by atoms with E-state index in [0.29, 0.717) is 43.5 Å². The maximum atomic E-state index is 12.5. The van der Waals surface area contributed by atoms with E-state index >= 15 is 0 Å². The Morgan fingerprint density at radius 2 is 1.95 bits per heavy atom. The predicted molar refractivity (Wildman–Crippen MR) is 79.7 cm³/mol. The highest BCUT2D eigenvalue weighted by Gasteiger charge is 2.27. The van der Waals surface area contributed by atoms with E-state index in [1.54, 1.807) is 12.1 Å². The SMILES string of the molecule is CCOc1cc(Br)c(C(=O)C2CCOC2)cc1OCC. The molecule has 20 heavy (non-hydrogen) atoms. The number of rotatable bonds is 6. The molecule has 1 aliphatic heterocycles. The van der Waals surface area contributed by atoms with Gasteiger partial charge < -0.3 is 14.2 Å². The molecule has 0 radical (unpaired) electrons. The number of Topliss-reactive ketones (excluding diaryl/α,β-unsaturated/α-hetero) is 1. The molecule has 1 aromatic carbocycles. The highest BCUT2D eigenvalue weighted by Crippen LogP contribution is 2.35. The summed E-state index contributed by atoms with van der Waals surface area (Å²) in [5, 5.41) is 0. The Hall–Kier alpha value is -1.07. The van der Waals surface area contributed by atoms with Crippen LogP contribution in [0.15, 0.2) is 16.6 Å². The average molecular weight is 343 g/mol. The molecule has 2 rings (SSSR count). The summed E-state index contributed by atoms with van der Waals surface area (Å²) in [7, 11) is 0. The van der Waals surface area contributed by atoms with E-state index in [-0.39, 0.29) is 11.7 Å². The highest BCUT2D eigenvalue weighted by molar-refractivity contribution is 9.10. The molecule has 1 atom stereocenters. The van der Waals surface area contributed by atoms with E-state index in [4.69, 9.17) is 14.2 Å². The third-order valence-electron chi connectivity index (χ3n) is 3.20. The molecule has 0 spiro atoms. The van der Waals surface area contributed by atoms with Crippen molar-refractivity contribution in [2.75, 3.05) is 26.4 Å². The van der Waals surface area contributed by atoms with E-state index in [9.17, 15) is 4.79 Å². The van der Waals surface area contributed by atoms with Crippen molar-refractivity contribution in [2.45, 2.75) is 20.3 Å². The lowest BCUT2D eigenvalue weighted by Gasteiger charge is -2.15. The van der Waals surface area contributed by atoms with Crippen LogP contribution in [-0.4, -0.2) is 32.2 Å². The van der Waals surface area contributed by atoms with Gasteiger partial charge in [-0.05, 0) is 48.3 Å². The normalized spacial score (nSPS) is 18.1. The minimum atomic E-state index is -0.0567. The Balaban J connectivity index is 2.32. The first-order valence-electron chi connectivity index (χ1n) is 6.88. The van der Waals surface area contributed by atoms with Crippen LogP contribution in [0.2, 0.25) is 0 Å². The van der Waals surface area contributed by atoms with Crippen molar-refractivity contribution in [3.8, 4) is 11.5 Å². The summed E-state index contributed by atoms with van der Waals surface area (Å²) < 4.78 is 17.1. The van der Waals surface area contributed by atoms with Gasteiger partial charge in [0.05, 0.1) is 19.8 Å².